The summed E-state index contributed by atoms with van der Waals surface area (Å²) in [5.41, 5.74) is 0.552. The van der Waals surface area contributed by atoms with Crippen molar-refractivity contribution >= 4 is 28.9 Å². The van der Waals surface area contributed by atoms with E-state index in [1.165, 1.54) is 12.1 Å². The van der Waals surface area contributed by atoms with Crippen molar-refractivity contribution in [3.05, 3.63) is 52.1 Å². The Hall–Kier alpha value is -3.82. The molecule has 3 rings (SSSR count). The fraction of sp³-hybridized carbons (Fsp3) is 0.222. The fourth-order valence-corrected chi connectivity index (χ4v) is 2.56. The Bertz CT molecular complexity index is 943. The van der Waals surface area contributed by atoms with Crippen LogP contribution in [0.15, 0.2) is 36.4 Å². The average molecular weight is 387 g/mol. The molecule has 1 amide bonds. The van der Waals surface area contributed by atoms with Gasteiger partial charge in [-0.3, -0.25) is 14.9 Å². The van der Waals surface area contributed by atoms with E-state index < -0.39 is 23.4 Å². The molecule has 0 atom stereocenters. The summed E-state index contributed by atoms with van der Waals surface area (Å²) < 4.78 is 15.3. The maximum absolute atomic E-state index is 12.1. The maximum Gasteiger partial charge on any atom is 0.338 e. The number of hydrogen-bond acceptors (Lipinski definition) is 8. The third-order valence-corrected chi connectivity index (χ3v) is 3.88. The summed E-state index contributed by atoms with van der Waals surface area (Å²) in [6, 6.07) is 8.83. The van der Waals surface area contributed by atoms with E-state index in [-0.39, 0.29) is 18.0 Å². The number of hydrogen-bond donors (Lipinski definition) is 1. The molecule has 0 aromatic heterocycles. The highest BCUT2D eigenvalue weighted by Crippen LogP contribution is 2.34. The van der Waals surface area contributed by atoms with Gasteiger partial charge in [0.2, 0.25) is 6.79 Å². The van der Waals surface area contributed by atoms with Crippen LogP contribution in [-0.4, -0.2) is 44.3 Å². The van der Waals surface area contributed by atoms with Gasteiger partial charge in [-0.1, -0.05) is 0 Å². The molecular weight excluding hydrogens is 370 g/mol. The van der Waals surface area contributed by atoms with Gasteiger partial charge in [-0.2, -0.15) is 0 Å². The summed E-state index contributed by atoms with van der Waals surface area (Å²) >= 11 is 0. The first-order chi connectivity index (χ1) is 13.3. The van der Waals surface area contributed by atoms with Crippen LogP contribution in [0.25, 0.3) is 0 Å². The Morgan fingerprint density at radius 1 is 1.18 bits per heavy atom. The number of benzene rings is 2. The molecule has 1 heterocycles. The molecule has 28 heavy (non-hydrogen) atoms. The Balaban J connectivity index is 1.61. The number of carbonyl (C=O) groups is 2. The minimum Gasteiger partial charge on any atom is -0.454 e. The van der Waals surface area contributed by atoms with Gasteiger partial charge in [0.15, 0.2) is 18.1 Å². The average Bonchev–Trinajstić information content (AvgIpc) is 3.13. The zero-order chi connectivity index (χ0) is 20.3. The van der Waals surface area contributed by atoms with E-state index in [4.69, 9.17) is 14.2 Å². The number of fused-ring (bicyclic) bond motifs is 1. The van der Waals surface area contributed by atoms with Gasteiger partial charge in [-0.25, -0.2) is 4.79 Å². The maximum atomic E-state index is 12.1. The number of nitrogens with zero attached hydrogens (tertiary/aromatic N) is 2. The second-order valence-corrected chi connectivity index (χ2v) is 6.05. The molecule has 10 nitrogen and oxygen atoms in total. The van der Waals surface area contributed by atoms with Gasteiger partial charge in [0.25, 0.3) is 11.6 Å². The molecule has 0 unspecified atom stereocenters. The lowest BCUT2D eigenvalue weighted by atomic mass is 10.1. The van der Waals surface area contributed by atoms with Crippen LogP contribution in [0.2, 0.25) is 0 Å². The summed E-state index contributed by atoms with van der Waals surface area (Å²) in [7, 11) is 3.31. The molecule has 2 aromatic rings. The number of amides is 1. The van der Waals surface area contributed by atoms with E-state index >= 15 is 0 Å². The third kappa shape index (κ3) is 4.11. The van der Waals surface area contributed by atoms with Gasteiger partial charge in [-0.15, -0.1) is 0 Å². The number of nitro benzene ring substituents is 1. The summed E-state index contributed by atoms with van der Waals surface area (Å²) in [4.78, 5) is 36.3. The van der Waals surface area contributed by atoms with Crippen LogP contribution in [0.4, 0.5) is 17.1 Å². The predicted molar refractivity (Wildman–Crippen MR) is 98.9 cm³/mol. The number of nitrogens with one attached hydrogen (secondary N) is 1. The van der Waals surface area contributed by atoms with Gasteiger partial charge in [-0.05, 0) is 24.3 Å². The molecule has 0 radical (unpaired) electrons. The third-order valence-electron chi connectivity index (χ3n) is 3.88. The fourth-order valence-electron chi connectivity index (χ4n) is 2.56. The van der Waals surface area contributed by atoms with Crippen LogP contribution in [0.1, 0.15) is 10.4 Å². The molecule has 2 aromatic carbocycles. The van der Waals surface area contributed by atoms with Crippen LogP contribution in [0.5, 0.6) is 11.5 Å². The van der Waals surface area contributed by atoms with Crippen molar-refractivity contribution in [2.75, 3.05) is 37.7 Å². The Morgan fingerprint density at radius 3 is 2.64 bits per heavy atom. The zero-order valence-electron chi connectivity index (χ0n) is 15.1. The van der Waals surface area contributed by atoms with Gasteiger partial charge < -0.3 is 24.4 Å². The molecule has 10 heteroatoms. The number of anilines is 2. The van der Waals surface area contributed by atoms with Crippen LogP contribution >= 0.6 is 0 Å². The predicted octanol–water partition coefficient (Wildman–Crippen LogP) is 2.19. The molecule has 0 fully saturated rings. The highest BCUT2D eigenvalue weighted by atomic mass is 16.7. The van der Waals surface area contributed by atoms with Crippen LogP contribution < -0.4 is 19.7 Å². The number of ether oxygens (including phenoxy) is 3. The van der Waals surface area contributed by atoms with Crippen molar-refractivity contribution in [2.45, 2.75) is 0 Å². The summed E-state index contributed by atoms with van der Waals surface area (Å²) in [5, 5.41) is 13.8. The van der Waals surface area contributed by atoms with Crippen molar-refractivity contribution in [3.8, 4) is 11.5 Å². The Labute approximate surface area is 159 Å². The van der Waals surface area contributed by atoms with E-state index in [0.717, 1.165) is 6.07 Å². The summed E-state index contributed by atoms with van der Waals surface area (Å²) in [6.45, 7) is -0.431. The van der Waals surface area contributed by atoms with Gasteiger partial charge in [0, 0.05) is 31.9 Å². The van der Waals surface area contributed by atoms with Crippen LogP contribution in [-0.2, 0) is 9.53 Å². The van der Waals surface area contributed by atoms with Crippen molar-refractivity contribution in [2.24, 2.45) is 0 Å². The van der Waals surface area contributed by atoms with Gasteiger partial charge >= 0.3 is 5.97 Å². The number of esters is 1. The van der Waals surface area contributed by atoms with Crippen molar-refractivity contribution in [3.63, 3.8) is 0 Å². The molecule has 0 spiro atoms. The number of nitro groups is 1. The molecule has 1 aliphatic heterocycles. The van der Waals surface area contributed by atoms with Crippen molar-refractivity contribution < 1.29 is 28.7 Å². The minimum absolute atomic E-state index is 0.0202. The van der Waals surface area contributed by atoms with E-state index in [9.17, 15) is 19.7 Å². The van der Waals surface area contributed by atoms with Crippen molar-refractivity contribution in [1.29, 1.82) is 0 Å². The van der Waals surface area contributed by atoms with Crippen LogP contribution in [0, 0.1) is 10.1 Å². The molecule has 0 saturated carbocycles. The minimum atomic E-state index is -0.839. The van der Waals surface area contributed by atoms with E-state index in [1.54, 1.807) is 37.2 Å². The molecular formula is C18H17N3O7. The first kappa shape index (κ1) is 19.0. The van der Waals surface area contributed by atoms with Gasteiger partial charge in [0.05, 0.1) is 10.5 Å². The standard InChI is InChI=1S/C18H17N3O7/c1-20(2)13-5-3-11(7-14(13)21(24)25)18(23)26-9-17(22)19-12-4-6-15-16(8-12)28-10-27-15/h3-8H,9-10H2,1-2H3,(H,19,22). The first-order valence-electron chi connectivity index (χ1n) is 8.17. The molecule has 1 aliphatic rings. The second kappa shape index (κ2) is 7.82. The highest BCUT2D eigenvalue weighted by molar-refractivity contribution is 5.96. The number of rotatable bonds is 6. The molecule has 0 aliphatic carbocycles. The van der Waals surface area contributed by atoms with Crippen molar-refractivity contribution in [1.82, 2.24) is 0 Å². The highest BCUT2D eigenvalue weighted by Gasteiger charge is 2.20. The lowest BCUT2D eigenvalue weighted by molar-refractivity contribution is -0.384. The SMILES string of the molecule is CN(C)c1ccc(C(=O)OCC(=O)Nc2ccc3c(c2)OCO3)cc1[N+](=O)[O-]. The monoisotopic (exact) mass is 387 g/mol. The molecule has 0 saturated heterocycles. The smallest absolute Gasteiger partial charge is 0.338 e. The lowest BCUT2D eigenvalue weighted by Gasteiger charge is -2.13. The zero-order valence-corrected chi connectivity index (χ0v) is 15.1. The molecule has 1 N–H and O–H groups in total. The number of carbonyl (C=O) groups excluding carboxylic acids is 2. The molecule has 0 bridgehead atoms. The van der Waals surface area contributed by atoms with Gasteiger partial charge in [0.1, 0.15) is 5.69 Å². The summed E-state index contributed by atoms with van der Waals surface area (Å²) in [6.07, 6.45) is 0. The quantitative estimate of drug-likeness (QED) is 0.455. The Kier molecular flexibility index (Phi) is 5.30. The lowest BCUT2D eigenvalue weighted by Crippen LogP contribution is -2.21. The molecule has 146 valence electrons. The normalized spacial score (nSPS) is 11.6. The van der Waals surface area contributed by atoms with E-state index in [0.29, 0.717) is 22.9 Å². The summed E-state index contributed by atoms with van der Waals surface area (Å²) in [5.74, 6) is -0.323. The second-order valence-electron chi connectivity index (χ2n) is 6.05. The topological polar surface area (TPSA) is 120 Å². The Morgan fingerprint density at radius 2 is 1.93 bits per heavy atom. The van der Waals surface area contributed by atoms with E-state index in [2.05, 4.69) is 5.32 Å². The van der Waals surface area contributed by atoms with Crippen LogP contribution in [0.3, 0.4) is 0 Å². The largest absolute Gasteiger partial charge is 0.454 e. The van der Waals surface area contributed by atoms with E-state index in [1.807, 2.05) is 0 Å². The first-order valence-corrected chi connectivity index (χ1v) is 8.17.